The second-order valence-electron chi connectivity index (χ2n) is 10.1. The minimum atomic E-state index is -3.89. The molecule has 42 heavy (non-hydrogen) atoms. The summed E-state index contributed by atoms with van der Waals surface area (Å²) in [6.07, 6.45) is 3.52. The molecule has 1 saturated heterocycles. The van der Waals surface area contributed by atoms with Crippen LogP contribution in [0.1, 0.15) is 37.2 Å². The number of sulfonamides is 1. The van der Waals surface area contributed by atoms with E-state index in [2.05, 4.69) is 5.32 Å². The van der Waals surface area contributed by atoms with Crippen LogP contribution in [0.3, 0.4) is 0 Å². The third-order valence-electron chi connectivity index (χ3n) is 7.26. The van der Waals surface area contributed by atoms with E-state index in [1.165, 1.54) is 19.2 Å². The molecule has 0 bridgehead atoms. The van der Waals surface area contributed by atoms with Gasteiger partial charge in [0.15, 0.2) is 5.76 Å². The molecule has 2 aromatic carbocycles. The molecule has 2 atom stereocenters. The van der Waals surface area contributed by atoms with Gasteiger partial charge in [0, 0.05) is 51.5 Å². The Kier molecular flexibility index (Phi) is 11.4. The molecule has 2 aliphatic rings. The number of likely N-dealkylation sites (tertiary alicyclic amines) is 1. The first-order valence-electron chi connectivity index (χ1n) is 14.2. The molecule has 2 heterocycles. The number of amides is 2. The van der Waals surface area contributed by atoms with Gasteiger partial charge in [-0.2, -0.15) is 4.31 Å². The van der Waals surface area contributed by atoms with Gasteiger partial charge in [-0.05, 0) is 48.7 Å². The number of benzene rings is 2. The summed E-state index contributed by atoms with van der Waals surface area (Å²) in [7, 11) is -2.40. The fourth-order valence-electron chi connectivity index (χ4n) is 5.00. The Hall–Kier alpha value is -3.45. The number of nitrogens with one attached hydrogen (secondary N) is 1. The quantitative estimate of drug-likeness (QED) is 0.297. The van der Waals surface area contributed by atoms with Crippen molar-refractivity contribution in [3.05, 3.63) is 72.0 Å². The number of hydrogen-bond donors (Lipinski definition) is 2. The molecule has 228 valence electrons. The molecule has 0 radical (unpaired) electrons. The van der Waals surface area contributed by atoms with Crippen molar-refractivity contribution in [2.24, 2.45) is 0 Å². The number of ether oxygens (including phenoxy) is 3. The Morgan fingerprint density at radius 2 is 1.90 bits per heavy atom. The molecule has 2 N–H and O–H groups in total. The zero-order chi connectivity index (χ0) is 30.0. The molecule has 0 unspecified atom stereocenters. The molecule has 1 fully saturated rings. The van der Waals surface area contributed by atoms with E-state index in [9.17, 15) is 23.1 Å². The van der Waals surface area contributed by atoms with Crippen molar-refractivity contribution in [2.45, 2.75) is 42.8 Å². The molecule has 2 amide bonds. The highest BCUT2D eigenvalue weighted by Gasteiger charge is 2.30. The highest BCUT2D eigenvalue weighted by Crippen LogP contribution is 2.31. The lowest BCUT2D eigenvalue weighted by molar-refractivity contribution is -0.146. The first-order chi connectivity index (χ1) is 20.3. The van der Waals surface area contributed by atoms with Gasteiger partial charge in [-0.15, -0.1) is 0 Å². The van der Waals surface area contributed by atoms with Gasteiger partial charge in [-0.3, -0.25) is 9.59 Å². The maximum atomic E-state index is 13.2. The van der Waals surface area contributed by atoms with E-state index >= 15 is 0 Å². The molecular formula is C30H39N3O8S. The average molecular weight is 602 g/mol. The Morgan fingerprint density at radius 1 is 1.14 bits per heavy atom. The van der Waals surface area contributed by atoms with E-state index in [4.69, 9.17) is 14.2 Å². The Balaban J connectivity index is 1.37. The number of methoxy groups -OCH3 is 1. The summed E-state index contributed by atoms with van der Waals surface area (Å²) in [5, 5.41) is 12.4. The molecule has 0 saturated carbocycles. The Morgan fingerprint density at radius 3 is 2.57 bits per heavy atom. The lowest BCUT2D eigenvalue weighted by Crippen LogP contribution is -2.38. The lowest BCUT2D eigenvalue weighted by Gasteiger charge is -2.30. The van der Waals surface area contributed by atoms with Gasteiger partial charge in [-0.25, -0.2) is 8.42 Å². The molecule has 0 spiro atoms. The SMILES string of the molecule is COc1ccc(S(=O)(=O)N(CCO)CCO[C@H]2C[C@@H](c3ccccc3)C=C(C(=O)NCCCN3CCCC3=O)O2)cc1. The van der Waals surface area contributed by atoms with Crippen LogP contribution in [0.5, 0.6) is 5.75 Å². The molecule has 0 aliphatic carbocycles. The summed E-state index contributed by atoms with van der Waals surface area (Å²) in [5.41, 5.74) is 0.997. The summed E-state index contributed by atoms with van der Waals surface area (Å²) < 4.78 is 44.6. The molecule has 11 nitrogen and oxygen atoms in total. The summed E-state index contributed by atoms with van der Waals surface area (Å²) in [6.45, 7) is 1.25. The Labute approximate surface area is 247 Å². The van der Waals surface area contributed by atoms with Gasteiger partial charge in [0.2, 0.25) is 22.2 Å². The highest BCUT2D eigenvalue weighted by molar-refractivity contribution is 7.89. The number of rotatable bonds is 15. The topological polar surface area (TPSA) is 135 Å². The van der Waals surface area contributed by atoms with E-state index in [0.717, 1.165) is 22.8 Å². The van der Waals surface area contributed by atoms with Crippen LogP contribution in [-0.4, -0.2) is 93.9 Å². The van der Waals surface area contributed by atoms with E-state index in [1.807, 2.05) is 35.2 Å². The fraction of sp³-hybridized carbons (Fsp3) is 0.467. The average Bonchev–Trinajstić information content (AvgIpc) is 3.43. The van der Waals surface area contributed by atoms with Crippen LogP contribution in [0.2, 0.25) is 0 Å². The van der Waals surface area contributed by atoms with Gasteiger partial charge in [-0.1, -0.05) is 30.3 Å². The number of carbonyl (C=O) groups is 2. The van der Waals surface area contributed by atoms with Crippen LogP contribution < -0.4 is 10.1 Å². The monoisotopic (exact) mass is 601 g/mol. The second kappa shape index (κ2) is 15.1. The number of aliphatic hydroxyl groups is 1. The predicted octanol–water partition coefficient (Wildman–Crippen LogP) is 2.24. The molecule has 2 aromatic rings. The summed E-state index contributed by atoms with van der Waals surface area (Å²) >= 11 is 0. The largest absolute Gasteiger partial charge is 0.497 e. The highest BCUT2D eigenvalue weighted by atomic mass is 32.2. The van der Waals surface area contributed by atoms with Crippen molar-refractivity contribution in [1.29, 1.82) is 0 Å². The van der Waals surface area contributed by atoms with E-state index < -0.39 is 16.3 Å². The summed E-state index contributed by atoms with van der Waals surface area (Å²) in [4.78, 5) is 26.7. The van der Waals surface area contributed by atoms with Crippen molar-refractivity contribution in [2.75, 3.05) is 53.0 Å². The third kappa shape index (κ3) is 8.31. The standard InChI is InChI=1S/C30H39N3O8S/c1-39-25-10-12-26(13-11-25)42(37,38)33(17-19-34)18-20-40-29-22-24(23-7-3-2-4-8-23)21-27(41-29)30(36)31-14-6-16-32-15-5-9-28(32)35/h2-4,7-8,10-13,21,24,29,34H,5-6,9,14-20,22H2,1H3,(H,31,36)/t24-,29+/m0/s1. The molecular weight excluding hydrogens is 562 g/mol. The van der Waals surface area contributed by atoms with Crippen molar-refractivity contribution >= 4 is 21.8 Å². The Bertz CT molecular complexity index is 1320. The van der Waals surface area contributed by atoms with E-state index in [-0.39, 0.29) is 54.7 Å². The first kappa shape index (κ1) is 31.5. The zero-order valence-corrected chi connectivity index (χ0v) is 24.6. The van der Waals surface area contributed by atoms with Gasteiger partial charge >= 0.3 is 0 Å². The predicted molar refractivity (Wildman–Crippen MR) is 155 cm³/mol. The number of allylic oxidation sites excluding steroid dienone is 1. The summed E-state index contributed by atoms with van der Waals surface area (Å²) in [5.74, 6) is 0.295. The van der Waals surface area contributed by atoms with Crippen LogP contribution in [0.25, 0.3) is 0 Å². The number of nitrogens with zero attached hydrogens (tertiary/aromatic N) is 2. The molecule has 2 aliphatic heterocycles. The lowest BCUT2D eigenvalue weighted by atomic mass is 9.93. The van der Waals surface area contributed by atoms with Crippen molar-refractivity contribution in [3.63, 3.8) is 0 Å². The fourth-order valence-corrected chi connectivity index (χ4v) is 6.41. The minimum absolute atomic E-state index is 0.0136. The molecule has 12 heteroatoms. The molecule has 0 aromatic heterocycles. The van der Waals surface area contributed by atoms with Crippen molar-refractivity contribution < 1.29 is 37.3 Å². The smallest absolute Gasteiger partial charge is 0.286 e. The number of aliphatic hydroxyl groups excluding tert-OH is 1. The minimum Gasteiger partial charge on any atom is -0.497 e. The first-order valence-corrected chi connectivity index (χ1v) is 15.6. The maximum Gasteiger partial charge on any atom is 0.286 e. The number of hydrogen-bond acceptors (Lipinski definition) is 8. The molecule has 4 rings (SSSR count). The second-order valence-corrected chi connectivity index (χ2v) is 12.0. The van der Waals surface area contributed by atoms with Crippen LogP contribution in [0, 0.1) is 0 Å². The number of carbonyl (C=O) groups excluding carboxylic acids is 2. The van der Waals surface area contributed by atoms with E-state index in [1.54, 1.807) is 18.2 Å². The van der Waals surface area contributed by atoms with Crippen molar-refractivity contribution in [3.8, 4) is 5.75 Å². The van der Waals surface area contributed by atoms with Crippen LogP contribution >= 0.6 is 0 Å². The van der Waals surface area contributed by atoms with Gasteiger partial charge in [0.1, 0.15) is 5.75 Å². The van der Waals surface area contributed by atoms with Crippen LogP contribution in [0.4, 0.5) is 0 Å². The summed E-state index contributed by atoms with van der Waals surface area (Å²) in [6, 6.07) is 15.7. The van der Waals surface area contributed by atoms with Gasteiger partial charge in [0.05, 0.1) is 25.2 Å². The third-order valence-corrected chi connectivity index (χ3v) is 9.17. The van der Waals surface area contributed by atoms with Gasteiger partial charge < -0.3 is 29.5 Å². The zero-order valence-electron chi connectivity index (χ0n) is 23.8. The maximum absolute atomic E-state index is 13.2. The van der Waals surface area contributed by atoms with E-state index in [0.29, 0.717) is 38.1 Å². The van der Waals surface area contributed by atoms with Crippen molar-refractivity contribution in [1.82, 2.24) is 14.5 Å². The van der Waals surface area contributed by atoms with Crippen LogP contribution in [0.15, 0.2) is 71.3 Å². The van der Waals surface area contributed by atoms with Crippen LogP contribution in [-0.2, 0) is 29.1 Å². The van der Waals surface area contributed by atoms with Gasteiger partial charge in [0.25, 0.3) is 5.91 Å². The normalized spacial score (nSPS) is 19.0.